The predicted molar refractivity (Wildman–Crippen MR) is 152 cm³/mol. The van der Waals surface area contributed by atoms with Crippen LogP contribution >= 0.6 is 0 Å². The molecule has 0 aliphatic carbocycles. The van der Waals surface area contributed by atoms with Gasteiger partial charge in [0.1, 0.15) is 0 Å². The summed E-state index contributed by atoms with van der Waals surface area (Å²) in [7, 11) is 0. The van der Waals surface area contributed by atoms with Crippen LogP contribution in [0.4, 0.5) is 8.78 Å². The Morgan fingerprint density at radius 3 is 1.14 bits per heavy atom. The van der Waals surface area contributed by atoms with Gasteiger partial charge in [0.15, 0.2) is 0 Å². The van der Waals surface area contributed by atoms with Crippen molar-refractivity contribution >= 4 is 0 Å². The summed E-state index contributed by atoms with van der Waals surface area (Å²) in [6, 6.07) is 31.1. The van der Waals surface area contributed by atoms with Crippen LogP contribution < -0.4 is 0 Å². The Labute approximate surface area is 217 Å². The van der Waals surface area contributed by atoms with Crippen LogP contribution in [0.25, 0.3) is 0 Å². The van der Waals surface area contributed by atoms with Crippen molar-refractivity contribution in [3.63, 3.8) is 0 Å². The Kier molecular flexibility index (Phi) is 12.9. The predicted octanol–water partition coefficient (Wildman–Crippen LogP) is 9.69. The van der Waals surface area contributed by atoms with E-state index in [1.54, 1.807) is 12.1 Å². The number of hydrogen-bond donors (Lipinski definition) is 0. The standard InChI is InChI=1S/C9H10F2.C9H8.2C8H10/c1-7-3-5-8(6-4-7)9(2,10)11;1-3-9-6-4-8(2)5-7-9;1-7-3-5-8(2)6-4-7;1-7-4-3-5-8(2)6-7/h3-6H,1-2H3;1,4-7H,2H3;2*3-6H,1-2H3. The van der Waals surface area contributed by atoms with Crippen molar-refractivity contribution in [2.75, 3.05) is 0 Å². The van der Waals surface area contributed by atoms with E-state index in [4.69, 9.17) is 6.42 Å². The van der Waals surface area contributed by atoms with Crippen molar-refractivity contribution in [2.24, 2.45) is 0 Å². The molecule has 188 valence electrons. The van der Waals surface area contributed by atoms with Gasteiger partial charge in [-0.15, -0.1) is 6.42 Å². The molecule has 0 aliphatic rings. The molecule has 0 spiro atoms. The topological polar surface area (TPSA) is 0 Å². The molecule has 36 heavy (non-hydrogen) atoms. The molecule has 0 radical (unpaired) electrons. The number of hydrogen-bond acceptors (Lipinski definition) is 0. The summed E-state index contributed by atoms with van der Waals surface area (Å²) in [5.41, 5.74) is 8.59. The van der Waals surface area contributed by atoms with Gasteiger partial charge < -0.3 is 0 Å². The minimum Gasteiger partial charge on any atom is -0.202 e. The van der Waals surface area contributed by atoms with Gasteiger partial charge in [-0.05, 0) is 53.7 Å². The van der Waals surface area contributed by atoms with Gasteiger partial charge in [-0.25, -0.2) is 8.78 Å². The van der Waals surface area contributed by atoms with Gasteiger partial charge in [-0.2, -0.15) is 0 Å². The molecule has 0 aliphatic heterocycles. The van der Waals surface area contributed by atoms with Crippen LogP contribution in [0.15, 0.2) is 97.1 Å². The van der Waals surface area contributed by atoms with Crippen LogP contribution in [-0.2, 0) is 5.92 Å². The van der Waals surface area contributed by atoms with Crippen LogP contribution in [0.3, 0.4) is 0 Å². The third kappa shape index (κ3) is 13.3. The molecule has 0 saturated carbocycles. The van der Waals surface area contributed by atoms with Crippen LogP contribution in [-0.4, -0.2) is 0 Å². The van der Waals surface area contributed by atoms with Crippen LogP contribution in [0.2, 0.25) is 0 Å². The number of alkyl halides is 2. The molecule has 0 saturated heterocycles. The number of halogens is 2. The highest BCUT2D eigenvalue weighted by atomic mass is 19.3. The zero-order chi connectivity index (χ0) is 27.1. The third-order valence-electron chi connectivity index (χ3n) is 5.17. The first kappa shape index (κ1) is 30.3. The zero-order valence-electron chi connectivity index (χ0n) is 22.6. The molecule has 0 N–H and O–H groups in total. The molecule has 4 rings (SSSR count). The highest BCUT2D eigenvalue weighted by Gasteiger charge is 2.23. The fourth-order valence-corrected chi connectivity index (χ4v) is 2.94. The van der Waals surface area contributed by atoms with Gasteiger partial charge in [0, 0.05) is 18.1 Å². The molecule has 0 nitrogen and oxygen atoms in total. The van der Waals surface area contributed by atoms with E-state index in [9.17, 15) is 8.78 Å². The van der Waals surface area contributed by atoms with Crippen molar-refractivity contribution in [3.8, 4) is 12.3 Å². The Morgan fingerprint density at radius 2 is 0.861 bits per heavy atom. The third-order valence-corrected chi connectivity index (χ3v) is 5.17. The van der Waals surface area contributed by atoms with Gasteiger partial charge in [-0.3, -0.25) is 0 Å². The van der Waals surface area contributed by atoms with Gasteiger partial charge in [0.05, 0.1) is 0 Å². The fourth-order valence-electron chi connectivity index (χ4n) is 2.94. The largest absolute Gasteiger partial charge is 0.270 e. The summed E-state index contributed by atoms with van der Waals surface area (Å²) >= 11 is 0. The molecule has 0 unspecified atom stereocenters. The highest BCUT2D eigenvalue weighted by Crippen LogP contribution is 2.26. The quantitative estimate of drug-likeness (QED) is 0.236. The maximum Gasteiger partial charge on any atom is 0.270 e. The van der Waals surface area contributed by atoms with Crippen molar-refractivity contribution in [1.29, 1.82) is 0 Å². The molecule has 0 bridgehead atoms. The van der Waals surface area contributed by atoms with E-state index in [-0.39, 0.29) is 5.56 Å². The molecule has 4 aromatic rings. The number of rotatable bonds is 1. The van der Waals surface area contributed by atoms with Crippen LogP contribution in [0.1, 0.15) is 51.4 Å². The lowest BCUT2D eigenvalue weighted by atomic mass is 10.1. The van der Waals surface area contributed by atoms with Gasteiger partial charge in [0.2, 0.25) is 0 Å². The smallest absolute Gasteiger partial charge is 0.202 e. The van der Waals surface area contributed by atoms with E-state index in [2.05, 4.69) is 82.1 Å². The maximum absolute atomic E-state index is 12.6. The lowest BCUT2D eigenvalue weighted by molar-refractivity contribution is 0.0174. The normalized spacial score (nSPS) is 9.78. The summed E-state index contributed by atoms with van der Waals surface area (Å²) in [5, 5.41) is 0. The Morgan fingerprint density at radius 1 is 0.528 bits per heavy atom. The van der Waals surface area contributed by atoms with Crippen LogP contribution in [0.5, 0.6) is 0 Å². The van der Waals surface area contributed by atoms with E-state index >= 15 is 0 Å². The summed E-state index contributed by atoms with van der Waals surface area (Å²) in [6.07, 6.45) is 5.15. The summed E-state index contributed by atoms with van der Waals surface area (Å²) in [6.45, 7) is 13.2. The summed E-state index contributed by atoms with van der Waals surface area (Å²) in [5.74, 6) is -0.160. The Bertz CT molecular complexity index is 1150. The molecular weight excluding hydrogens is 446 g/mol. The molecule has 0 amide bonds. The van der Waals surface area contributed by atoms with Gasteiger partial charge in [0.25, 0.3) is 5.92 Å². The van der Waals surface area contributed by atoms with Crippen molar-refractivity contribution in [3.05, 3.63) is 142 Å². The zero-order valence-corrected chi connectivity index (χ0v) is 22.6. The van der Waals surface area contributed by atoms with E-state index in [1.807, 2.05) is 38.1 Å². The maximum atomic E-state index is 12.6. The molecule has 0 fully saturated rings. The average Bonchev–Trinajstić information content (AvgIpc) is 2.82. The highest BCUT2D eigenvalue weighted by molar-refractivity contribution is 5.33. The molecule has 0 atom stereocenters. The lowest BCUT2D eigenvalue weighted by Gasteiger charge is -2.09. The molecule has 0 heterocycles. The van der Waals surface area contributed by atoms with E-state index in [1.165, 1.54) is 39.9 Å². The molecule has 4 aromatic carbocycles. The Balaban J connectivity index is 0.000000242. The second kappa shape index (κ2) is 15.3. The lowest BCUT2D eigenvalue weighted by Crippen LogP contribution is -2.06. The molecule has 2 heteroatoms. The van der Waals surface area contributed by atoms with E-state index in [0.29, 0.717) is 0 Å². The number of aryl methyl sites for hydroxylation is 6. The minimum absolute atomic E-state index is 0.0723. The van der Waals surface area contributed by atoms with Crippen molar-refractivity contribution in [2.45, 2.75) is 54.4 Å². The SMILES string of the molecule is C#Cc1ccc(C)cc1.Cc1ccc(C(C)(F)F)cc1.Cc1ccc(C)cc1.Cc1cccc(C)c1. The van der Waals surface area contributed by atoms with Crippen molar-refractivity contribution < 1.29 is 8.78 Å². The first-order chi connectivity index (χ1) is 16.9. The Hall–Kier alpha value is -3.70. The molecule has 0 aromatic heterocycles. The average molecular weight is 485 g/mol. The van der Waals surface area contributed by atoms with Crippen molar-refractivity contribution in [1.82, 2.24) is 0 Å². The number of benzene rings is 4. The second-order valence-corrected chi connectivity index (χ2v) is 9.08. The fraction of sp³-hybridized carbons (Fsp3) is 0.235. The van der Waals surface area contributed by atoms with E-state index in [0.717, 1.165) is 18.1 Å². The second-order valence-electron chi connectivity index (χ2n) is 9.08. The molecular formula is C34H38F2. The first-order valence-corrected chi connectivity index (χ1v) is 12.0. The summed E-state index contributed by atoms with van der Waals surface area (Å²) in [4.78, 5) is 0. The van der Waals surface area contributed by atoms with E-state index < -0.39 is 5.92 Å². The summed E-state index contributed by atoms with van der Waals surface area (Å²) < 4.78 is 25.2. The van der Waals surface area contributed by atoms with Crippen LogP contribution in [0, 0.1) is 53.9 Å². The van der Waals surface area contributed by atoms with Gasteiger partial charge >= 0.3 is 0 Å². The minimum atomic E-state index is -2.71. The number of terminal acetylenes is 1. The van der Waals surface area contributed by atoms with Gasteiger partial charge in [-0.1, -0.05) is 124 Å². The monoisotopic (exact) mass is 484 g/mol. The first-order valence-electron chi connectivity index (χ1n) is 12.0.